The second kappa shape index (κ2) is 2.10. The minimum Gasteiger partial charge on any atom is -0.364 e. The maximum absolute atomic E-state index is 3.24. The highest BCUT2D eigenvalue weighted by Crippen LogP contribution is 2.28. The van der Waals surface area contributed by atoms with Crippen molar-refractivity contribution in [3.63, 3.8) is 0 Å². The average Bonchev–Trinajstić information content (AvgIpc) is 2.33. The van der Waals surface area contributed by atoms with E-state index >= 15 is 0 Å². The summed E-state index contributed by atoms with van der Waals surface area (Å²) in [6.07, 6.45) is 4.61. The first-order valence-corrected chi connectivity index (χ1v) is 4.24. The van der Waals surface area contributed by atoms with E-state index in [-0.39, 0.29) is 0 Å². The van der Waals surface area contributed by atoms with Crippen LogP contribution in [0, 0.1) is 0 Å². The molecule has 1 aliphatic heterocycles. The molecule has 0 aliphatic carbocycles. The SMILES string of the molecule is c1cc2c([nH]1)CCCS2. The molecule has 2 rings (SSSR count). The molecule has 0 fully saturated rings. The Morgan fingerprint density at radius 1 is 1.56 bits per heavy atom. The van der Waals surface area contributed by atoms with Gasteiger partial charge in [0.05, 0.1) is 0 Å². The molecule has 48 valence electrons. The summed E-state index contributed by atoms with van der Waals surface area (Å²) in [6, 6.07) is 2.17. The van der Waals surface area contributed by atoms with E-state index in [0.29, 0.717) is 0 Å². The number of aromatic nitrogens is 1. The molecule has 0 saturated carbocycles. The molecule has 0 spiro atoms. The molecule has 2 heterocycles. The molecule has 1 aliphatic rings. The number of rotatable bonds is 0. The molecule has 0 radical (unpaired) electrons. The van der Waals surface area contributed by atoms with E-state index < -0.39 is 0 Å². The van der Waals surface area contributed by atoms with Crippen LogP contribution in [-0.4, -0.2) is 10.7 Å². The first-order valence-electron chi connectivity index (χ1n) is 3.26. The van der Waals surface area contributed by atoms with Gasteiger partial charge in [0.25, 0.3) is 0 Å². The third-order valence-corrected chi connectivity index (χ3v) is 2.80. The number of aromatic amines is 1. The topological polar surface area (TPSA) is 15.8 Å². The van der Waals surface area contributed by atoms with Gasteiger partial charge in [-0.2, -0.15) is 0 Å². The van der Waals surface area contributed by atoms with Gasteiger partial charge in [-0.1, -0.05) is 0 Å². The van der Waals surface area contributed by atoms with Gasteiger partial charge in [0.15, 0.2) is 0 Å². The van der Waals surface area contributed by atoms with Crippen molar-refractivity contribution < 1.29 is 0 Å². The molecule has 0 amide bonds. The molecule has 0 unspecified atom stereocenters. The number of hydrogen-bond donors (Lipinski definition) is 1. The summed E-state index contributed by atoms with van der Waals surface area (Å²) in [7, 11) is 0. The fourth-order valence-electron chi connectivity index (χ4n) is 1.15. The number of nitrogens with one attached hydrogen (secondary N) is 1. The summed E-state index contributed by atoms with van der Waals surface area (Å²) >= 11 is 1.96. The number of fused-ring (bicyclic) bond motifs is 1. The summed E-state index contributed by atoms with van der Waals surface area (Å²) in [5.41, 5.74) is 1.44. The molecule has 2 heteroatoms. The summed E-state index contributed by atoms with van der Waals surface area (Å²) in [6.45, 7) is 0. The van der Waals surface area contributed by atoms with Crippen molar-refractivity contribution in [1.82, 2.24) is 4.98 Å². The zero-order valence-corrected chi connectivity index (χ0v) is 6.00. The van der Waals surface area contributed by atoms with Gasteiger partial charge in [0.1, 0.15) is 0 Å². The van der Waals surface area contributed by atoms with Gasteiger partial charge in [-0.3, -0.25) is 0 Å². The van der Waals surface area contributed by atoms with Gasteiger partial charge in [-0.25, -0.2) is 0 Å². The third-order valence-electron chi connectivity index (χ3n) is 1.62. The third kappa shape index (κ3) is 0.874. The Morgan fingerprint density at radius 3 is 3.44 bits per heavy atom. The lowest BCUT2D eigenvalue weighted by molar-refractivity contribution is 0.863. The Morgan fingerprint density at radius 2 is 2.56 bits per heavy atom. The second-order valence-electron chi connectivity index (χ2n) is 2.27. The molecule has 1 aromatic heterocycles. The van der Waals surface area contributed by atoms with E-state index in [9.17, 15) is 0 Å². The van der Waals surface area contributed by atoms with E-state index in [2.05, 4.69) is 11.1 Å². The van der Waals surface area contributed by atoms with Crippen LogP contribution in [0.1, 0.15) is 12.1 Å². The molecule has 1 nitrogen and oxygen atoms in total. The zero-order valence-electron chi connectivity index (χ0n) is 5.18. The van der Waals surface area contributed by atoms with E-state index in [1.54, 1.807) is 0 Å². The molecule has 1 N–H and O–H groups in total. The second-order valence-corrected chi connectivity index (χ2v) is 3.41. The van der Waals surface area contributed by atoms with Crippen LogP contribution in [0.4, 0.5) is 0 Å². The van der Waals surface area contributed by atoms with Crippen molar-refractivity contribution in [2.24, 2.45) is 0 Å². The lowest BCUT2D eigenvalue weighted by Gasteiger charge is -2.08. The zero-order chi connectivity index (χ0) is 6.10. The molecule has 1 aromatic rings. The van der Waals surface area contributed by atoms with E-state index in [1.165, 1.54) is 29.2 Å². The van der Waals surface area contributed by atoms with Crippen LogP contribution in [-0.2, 0) is 6.42 Å². The summed E-state index contributed by atoms with van der Waals surface area (Å²) in [4.78, 5) is 4.70. The summed E-state index contributed by atoms with van der Waals surface area (Å²) < 4.78 is 0. The number of H-pyrrole nitrogens is 1. The van der Waals surface area contributed by atoms with Crippen molar-refractivity contribution in [3.05, 3.63) is 18.0 Å². The number of hydrogen-bond acceptors (Lipinski definition) is 1. The quantitative estimate of drug-likeness (QED) is 0.581. The van der Waals surface area contributed by atoms with E-state index in [0.717, 1.165) is 0 Å². The van der Waals surface area contributed by atoms with E-state index in [4.69, 9.17) is 0 Å². The lowest BCUT2D eigenvalue weighted by atomic mass is 10.2. The van der Waals surface area contributed by atoms with Crippen molar-refractivity contribution in [2.45, 2.75) is 17.7 Å². The minimum absolute atomic E-state index is 1.25. The Labute approximate surface area is 58.9 Å². The normalized spacial score (nSPS) is 17.3. The van der Waals surface area contributed by atoms with Crippen LogP contribution in [0.25, 0.3) is 0 Å². The Balaban J connectivity index is 2.39. The highest BCUT2D eigenvalue weighted by molar-refractivity contribution is 7.99. The molecule has 0 bridgehead atoms. The number of thioether (sulfide) groups is 1. The lowest BCUT2D eigenvalue weighted by Crippen LogP contribution is -1.95. The monoisotopic (exact) mass is 139 g/mol. The van der Waals surface area contributed by atoms with Crippen LogP contribution < -0.4 is 0 Å². The maximum Gasteiger partial charge on any atom is 0.0285 e. The van der Waals surface area contributed by atoms with Crippen LogP contribution in [0.2, 0.25) is 0 Å². The van der Waals surface area contributed by atoms with Crippen LogP contribution in [0.3, 0.4) is 0 Å². The van der Waals surface area contributed by atoms with Gasteiger partial charge in [-0.05, 0) is 24.7 Å². The highest BCUT2D eigenvalue weighted by Gasteiger charge is 2.08. The Bertz CT molecular complexity index is 184. The van der Waals surface area contributed by atoms with Crippen LogP contribution in [0.15, 0.2) is 17.2 Å². The van der Waals surface area contributed by atoms with Crippen LogP contribution >= 0.6 is 11.8 Å². The smallest absolute Gasteiger partial charge is 0.0285 e. The minimum atomic E-state index is 1.25. The molecule has 0 saturated heterocycles. The van der Waals surface area contributed by atoms with Crippen molar-refractivity contribution in [3.8, 4) is 0 Å². The van der Waals surface area contributed by atoms with Crippen molar-refractivity contribution in [2.75, 3.05) is 5.75 Å². The van der Waals surface area contributed by atoms with Crippen LogP contribution in [0.5, 0.6) is 0 Å². The molecule has 0 atom stereocenters. The van der Waals surface area contributed by atoms with Gasteiger partial charge < -0.3 is 4.98 Å². The molecular weight excluding hydrogens is 130 g/mol. The fraction of sp³-hybridized carbons (Fsp3) is 0.429. The summed E-state index contributed by atoms with van der Waals surface area (Å²) in [5, 5.41) is 0. The first kappa shape index (κ1) is 5.42. The van der Waals surface area contributed by atoms with E-state index in [1.807, 2.05) is 18.0 Å². The largest absolute Gasteiger partial charge is 0.364 e. The fourth-order valence-corrected chi connectivity index (χ4v) is 2.16. The standard InChI is InChI=1S/C7H9NS/c1-2-6-7(9-5-1)3-4-8-6/h3-4,8H,1-2,5H2. The molecular formula is C7H9NS. The average molecular weight is 139 g/mol. The van der Waals surface area contributed by atoms with Gasteiger partial charge in [0, 0.05) is 16.8 Å². The van der Waals surface area contributed by atoms with Gasteiger partial charge >= 0.3 is 0 Å². The number of aryl methyl sites for hydroxylation is 1. The Kier molecular flexibility index (Phi) is 1.27. The van der Waals surface area contributed by atoms with Gasteiger partial charge in [-0.15, -0.1) is 11.8 Å². The van der Waals surface area contributed by atoms with Gasteiger partial charge in [0.2, 0.25) is 0 Å². The Hall–Kier alpha value is -0.370. The van der Waals surface area contributed by atoms with Crippen molar-refractivity contribution in [1.29, 1.82) is 0 Å². The summed E-state index contributed by atoms with van der Waals surface area (Å²) in [5.74, 6) is 1.30. The first-order chi connectivity index (χ1) is 4.47. The maximum atomic E-state index is 3.24. The van der Waals surface area contributed by atoms with Crippen molar-refractivity contribution >= 4 is 11.8 Å². The molecule has 9 heavy (non-hydrogen) atoms. The molecule has 0 aromatic carbocycles. The predicted molar refractivity (Wildman–Crippen MR) is 39.8 cm³/mol. The highest BCUT2D eigenvalue weighted by atomic mass is 32.2. The predicted octanol–water partition coefficient (Wildman–Crippen LogP) is 2.05.